The van der Waals surface area contributed by atoms with Crippen LogP contribution in [0.3, 0.4) is 0 Å². The number of hydrogen-bond donors (Lipinski definition) is 0. The Labute approximate surface area is 80.2 Å². The van der Waals surface area contributed by atoms with Gasteiger partial charge in [0.15, 0.2) is 0 Å². The topological polar surface area (TPSA) is 9.23 Å². The molecule has 0 saturated heterocycles. The monoisotopic (exact) mass is 186 g/mol. The lowest BCUT2D eigenvalue weighted by molar-refractivity contribution is 0.414. The molecule has 0 fully saturated rings. The largest absolute Gasteiger partial charge is 0.497 e. The zero-order valence-electron chi connectivity index (χ0n) is 7.54. The molecule has 0 N–H and O–H groups in total. The Kier molecular flexibility index (Phi) is 5.56. The predicted octanol–water partition coefficient (Wildman–Crippen LogP) is 3.07. The first-order chi connectivity index (χ1) is 5.36. The fourth-order valence-corrected chi connectivity index (χ4v) is 1.08. The standard InChI is InChI=1S/C10H14O.ClH/c1-3-4-9-5-7-10(11-2)8-6-9;/h5-8H,3-4H2,1-2H3;1H. The van der Waals surface area contributed by atoms with E-state index in [0.717, 1.165) is 12.2 Å². The molecular formula is C10H15ClO. The molecule has 0 heterocycles. The normalized spacial score (nSPS) is 8.83. The first kappa shape index (κ1) is 11.3. The van der Waals surface area contributed by atoms with Crippen LogP contribution in [-0.4, -0.2) is 7.11 Å². The van der Waals surface area contributed by atoms with Gasteiger partial charge < -0.3 is 4.74 Å². The first-order valence-corrected chi connectivity index (χ1v) is 3.99. The summed E-state index contributed by atoms with van der Waals surface area (Å²) in [6.07, 6.45) is 2.36. The van der Waals surface area contributed by atoms with Crippen molar-refractivity contribution in [2.45, 2.75) is 19.8 Å². The van der Waals surface area contributed by atoms with Gasteiger partial charge in [-0.25, -0.2) is 0 Å². The van der Waals surface area contributed by atoms with Gasteiger partial charge in [-0.2, -0.15) is 0 Å². The van der Waals surface area contributed by atoms with Crippen molar-refractivity contribution in [1.82, 2.24) is 0 Å². The van der Waals surface area contributed by atoms with Crippen LogP contribution in [0.4, 0.5) is 0 Å². The Morgan fingerprint density at radius 1 is 1.17 bits per heavy atom. The summed E-state index contributed by atoms with van der Waals surface area (Å²) in [5.41, 5.74) is 1.38. The summed E-state index contributed by atoms with van der Waals surface area (Å²) < 4.78 is 5.05. The van der Waals surface area contributed by atoms with E-state index in [0.29, 0.717) is 0 Å². The molecule has 0 saturated carbocycles. The van der Waals surface area contributed by atoms with E-state index >= 15 is 0 Å². The highest BCUT2D eigenvalue weighted by Crippen LogP contribution is 2.11. The third-order valence-electron chi connectivity index (χ3n) is 1.70. The van der Waals surface area contributed by atoms with E-state index in [1.54, 1.807) is 7.11 Å². The molecule has 0 aliphatic heterocycles. The van der Waals surface area contributed by atoms with Crippen LogP contribution in [0.25, 0.3) is 0 Å². The summed E-state index contributed by atoms with van der Waals surface area (Å²) in [7, 11) is 1.69. The van der Waals surface area contributed by atoms with E-state index in [9.17, 15) is 0 Å². The molecule has 2 heteroatoms. The summed E-state index contributed by atoms with van der Waals surface area (Å²) in [6, 6.07) is 8.24. The Morgan fingerprint density at radius 2 is 1.75 bits per heavy atom. The highest BCUT2D eigenvalue weighted by Gasteiger charge is 1.91. The van der Waals surface area contributed by atoms with Gasteiger partial charge in [0.2, 0.25) is 0 Å². The second-order valence-electron chi connectivity index (χ2n) is 2.60. The molecule has 1 nitrogen and oxygen atoms in total. The summed E-state index contributed by atoms with van der Waals surface area (Å²) in [4.78, 5) is 0. The van der Waals surface area contributed by atoms with Gasteiger partial charge >= 0.3 is 0 Å². The number of benzene rings is 1. The quantitative estimate of drug-likeness (QED) is 0.705. The van der Waals surface area contributed by atoms with Gasteiger partial charge in [0.1, 0.15) is 5.75 Å². The Morgan fingerprint density at radius 3 is 2.17 bits per heavy atom. The Hall–Kier alpha value is -0.690. The molecule has 0 bridgehead atoms. The minimum Gasteiger partial charge on any atom is -0.497 e. The lowest BCUT2D eigenvalue weighted by Gasteiger charge is -2.00. The molecule has 1 rings (SSSR count). The van der Waals surface area contributed by atoms with E-state index in [1.807, 2.05) is 12.1 Å². The van der Waals surface area contributed by atoms with Gasteiger partial charge in [0, 0.05) is 0 Å². The van der Waals surface area contributed by atoms with Crippen molar-refractivity contribution < 1.29 is 4.74 Å². The van der Waals surface area contributed by atoms with Gasteiger partial charge in [-0.3, -0.25) is 0 Å². The molecule has 0 unspecified atom stereocenters. The molecule has 0 amide bonds. The van der Waals surface area contributed by atoms with Crippen molar-refractivity contribution in [3.8, 4) is 5.75 Å². The van der Waals surface area contributed by atoms with E-state index in [-0.39, 0.29) is 12.4 Å². The third kappa shape index (κ3) is 3.14. The molecule has 0 aliphatic rings. The average Bonchev–Trinajstić information content (AvgIpc) is 2.07. The maximum Gasteiger partial charge on any atom is 0.118 e. The van der Waals surface area contributed by atoms with Gasteiger partial charge in [-0.05, 0) is 24.1 Å². The van der Waals surface area contributed by atoms with Crippen LogP contribution >= 0.6 is 12.4 Å². The zero-order valence-corrected chi connectivity index (χ0v) is 8.36. The highest BCUT2D eigenvalue weighted by atomic mass is 35.5. The summed E-state index contributed by atoms with van der Waals surface area (Å²) >= 11 is 0. The van der Waals surface area contributed by atoms with Gasteiger partial charge in [-0.15, -0.1) is 12.4 Å². The molecule has 1 aromatic carbocycles. The molecular weight excluding hydrogens is 172 g/mol. The van der Waals surface area contributed by atoms with Crippen LogP contribution in [-0.2, 0) is 6.42 Å². The Balaban J connectivity index is 0.00000121. The highest BCUT2D eigenvalue weighted by molar-refractivity contribution is 5.85. The lowest BCUT2D eigenvalue weighted by Crippen LogP contribution is -1.84. The summed E-state index contributed by atoms with van der Waals surface area (Å²) in [5.74, 6) is 0.935. The van der Waals surface area contributed by atoms with Crippen molar-refractivity contribution >= 4 is 12.4 Å². The molecule has 0 radical (unpaired) electrons. The minimum atomic E-state index is 0. The van der Waals surface area contributed by atoms with Crippen molar-refractivity contribution in [2.24, 2.45) is 0 Å². The minimum absolute atomic E-state index is 0. The zero-order chi connectivity index (χ0) is 8.10. The SMILES string of the molecule is CCCc1ccc(OC)cc1.Cl. The molecule has 0 aliphatic carbocycles. The van der Waals surface area contributed by atoms with Crippen LogP contribution in [0, 0.1) is 0 Å². The maximum atomic E-state index is 5.05. The van der Waals surface area contributed by atoms with Crippen molar-refractivity contribution in [3.05, 3.63) is 29.8 Å². The van der Waals surface area contributed by atoms with E-state index in [4.69, 9.17) is 4.74 Å². The van der Waals surface area contributed by atoms with Gasteiger partial charge in [0.05, 0.1) is 7.11 Å². The number of rotatable bonds is 3. The van der Waals surface area contributed by atoms with E-state index in [1.165, 1.54) is 12.0 Å². The molecule has 0 atom stereocenters. The number of methoxy groups -OCH3 is 1. The number of ether oxygens (including phenoxy) is 1. The summed E-state index contributed by atoms with van der Waals surface area (Å²) in [5, 5.41) is 0. The predicted molar refractivity (Wildman–Crippen MR) is 54.2 cm³/mol. The fourth-order valence-electron chi connectivity index (χ4n) is 1.08. The van der Waals surface area contributed by atoms with Crippen LogP contribution in [0.1, 0.15) is 18.9 Å². The second kappa shape index (κ2) is 5.90. The molecule has 0 aromatic heterocycles. The number of halogens is 1. The van der Waals surface area contributed by atoms with Crippen molar-refractivity contribution in [1.29, 1.82) is 0 Å². The molecule has 0 spiro atoms. The van der Waals surface area contributed by atoms with Crippen LogP contribution in [0.2, 0.25) is 0 Å². The average molecular weight is 187 g/mol. The van der Waals surface area contributed by atoms with Crippen LogP contribution in [0.5, 0.6) is 5.75 Å². The van der Waals surface area contributed by atoms with Crippen LogP contribution < -0.4 is 4.74 Å². The van der Waals surface area contributed by atoms with Crippen molar-refractivity contribution in [2.75, 3.05) is 7.11 Å². The molecule has 1 aromatic rings. The van der Waals surface area contributed by atoms with Gasteiger partial charge in [-0.1, -0.05) is 25.5 Å². The molecule has 12 heavy (non-hydrogen) atoms. The summed E-state index contributed by atoms with van der Waals surface area (Å²) in [6.45, 7) is 2.18. The fraction of sp³-hybridized carbons (Fsp3) is 0.400. The van der Waals surface area contributed by atoms with Gasteiger partial charge in [0.25, 0.3) is 0 Å². The van der Waals surface area contributed by atoms with Crippen LogP contribution in [0.15, 0.2) is 24.3 Å². The maximum absolute atomic E-state index is 5.05. The first-order valence-electron chi connectivity index (χ1n) is 3.99. The number of aryl methyl sites for hydroxylation is 1. The second-order valence-corrected chi connectivity index (χ2v) is 2.60. The van der Waals surface area contributed by atoms with E-state index < -0.39 is 0 Å². The molecule has 68 valence electrons. The third-order valence-corrected chi connectivity index (χ3v) is 1.70. The number of hydrogen-bond acceptors (Lipinski definition) is 1. The lowest BCUT2D eigenvalue weighted by atomic mass is 10.1. The smallest absolute Gasteiger partial charge is 0.118 e. The Bertz CT molecular complexity index is 206. The van der Waals surface area contributed by atoms with Crippen molar-refractivity contribution in [3.63, 3.8) is 0 Å². The van der Waals surface area contributed by atoms with E-state index in [2.05, 4.69) is 19.1 Å².